The first kappa shape index (κ1) is 28.6. The predicted molar refractivity (Wildman–Crippen MR) is 147 cm³/mol. The second kappa shape index (κ2) is 10.6. The van der Waals surface area contributed by atoms with E-state index in [0.717, 1.165) is 23.6 Å². The van der Waals surface area contributed by atoms with Crippen LogP contribution in [0.15, 0.2) is 41.6 Å². The third kappa shape index (κ3) is 4.76. The molecular weight excluding hydrogens is 552 g/mol. The highest BCUT2D eigenvalue weighted by molar-refractivity contribution is 7.93. The predicted octanol–water partition coefficient (Wildman–Crippen LogP) is 3.49. The van der Waals surface area contributed by atoms with Gasteiger partial charge in [-0.05, 0) is 50.2 Å². The number of para-hydroxylation sites is 1. The van der Waals surface area contributed by atoms with E-state index in [1.165, 1.54) is 31.6 Å². The van der Waals surface area contributed by atoms with Crippen LogP contribution in [-0.4, -0.2) is 62.6 Å². The van der Waals surface area contributed by atoms with Crippen molar-refractivity contribution in [1.82, 2.24) is 9.97 Å². The van der Waals surface area contributed by atoms with Crippen LogP contribution in [0, 0.1) is 23.7 Å². The van der Waals surface area contributed by atoms with Gasteiger partial charge in [0.2, 0.25) is 11.7 Å². The highest BCUT2D eigenvalue weighted by Gasteiger charge is 2.69. The molecule has 4 saturated heterocycles. The first-order chi connectivity index (χ1) is 19.6. The fraction of sp³-hybridized carbons (Fsp3) is 0.643. The smallest absolute Gasteiger partial charge is 0.268 e. The van der Waals surface area contributed by atoms with Crippen LogP contribution in [0.5, 0.6) is 5.75 Å². The number of anilines is 2. The lowest BCUT2D eigenvalue weighted by molar-refractivity contribution is -0.577. The van der Waals surface area contributed by atoms with Gasteiger partial charge >= 0.3 is 0 Å². The summed E-state index contributed by atoms with van der Waals surface area (Å²) in [5.74, 6) is 0.201. The van der Waals surface area contributed by atoms with Crippen molar-refractivity contribution in [2.75, 3.05) is 30.3 Å². The number of nitrogens with zero attached hydrogens (tertiary/aromatic N) is 3. The van der Waals surface area contributed by atoms with Crippen molar-refractivity contribution in [3.63, 3.8) is 0 Å². The maximum absolute atomic E-state index is 13.8. The number of fused-ring (bicyclic) bond motifs is 2. The molecule has 1 aromatic carbocycles. The van der Waals surface area contributed by atoms with Crippen molar-refractivity contribution >= 4 is 21.7 Å². The summed E-state index contributed by atoms with van der Waals surface area (Å²) >= 11 is 0. The van der Waals surface area contributed by atoms with Gasteiger partial charge in [-0.3, -0.25) is 0 Å². The number of hydrogen-bond donors (Lipinski definition) is 1. The monoisotopic (exact) mass is 590 g/mol. The van der Waals surface area contributed by atoms with Gasteiger partial charge in [-0.15, -0.1) is 0 Å². The second-order valence-electron chi connectivity index (χ2n) is 11.7. The average molecular weight is 591 g/mol. The fourth-order valence-electron chi connectivity index (χ4n) is 7.02. The van der Waals surface area contributed by atoms with E-state index in [0.29, 0.717) is 18.1 Å². The Morgan fingerprint density at radius 1 is 1.10 bits per heavy atom. The van der Waals surface area contributed by atoms with Crippen LogP contribution in [-0.2, 0) is 34.0 Å². The largest absolute Gasteiger partial charge is 0.494 e. The Bertz CT molecular complexity index is 1360. The van der Waals surface area contributed by atoms with Gasteiger partial charge < -0.3 is 24.7 Å². The molecule has 7 rings (SSSR count). The number of sulfonamides is 1. The van der Waals surface area contributed by atoms with Crippen LogP contribution in [0.2, 0.25) is 0 Å². The van der Waals surface area contributed by atoms with E-state index in [4.69, 9.17) is 34.5 Å². The van der Waals surface area contributed by atoms with E-state index < -0.39 is 34.0 Å². The first-order valence-corrected chi connectivity index (χ1v) is 15.6. The van der Waals surface area contributed by atoms with Crippen molar-refractivity contribution in [3.8, 4) is 5.75 Å². The third-order valence-corrected chi connectivity index (χ3v) is 11.1. The Hall–Kier alpha value is -2.55. The van der Waals surface area contributed by atoms with E-state index in [1.54, 1.807) is 12.1 Å². The standard InChI is InChI=1S/C28H38N4O8S/c1-17-9-10-21-18(2)24(37-25-28(21)20(17)11-12-27(3,38-25)39-40-28)36-14-13-32(26-30-15-19(35-4)16-31-26)41(33,34)23-8-6-5-7-22(23)29/h5-8,15-18,20-21,24-25H,9-14,29H2,1-4H3/t17-,18-,20?,21+,24+,25-,27-,28-/m1/s1. The lowest BCUT2D eigenvalue weighted by Crippen LogP contribution is -2.70. The molecule has 41 heavy (non-hydrogen) atoms. The van der Waals surface area contributed by atoms with Gasteiger partial charge in [0, 0.05) is 18.3 Å². The van der Waals surface area contributed by atoms with Crippen LogP contribution < -0.4 is 14.8 Å². The van der Waals surface area contributed by atoms with E-state index in [1.807, 2.05) is 6.92 Å². The molecule has 1 aromatic heterocycles. The number of methoxy groups -OCH3 is 1. The normalized spacial score (nSPS) is 36.3. The molecule has 2 N–H and O–H groups in total. The minimum Gasteiger partial charge on any atom is -0.494 e. The van der Waals surface area contributed by atoms with Gasteiger partial charge in [-0.1, -0.05) is 26.0 Å². The zero-order valence-corrected chi connectivity index (χ0v) is 24.6. The highest BCUT2D eigenvalue weighted by Crippen LogP contribution is 2.60. The lowest BCUT2D eigenvalue weighted by atomic mass is 9.58. The van der Waals surface area contributed by atoms with Crippen molar-refractivity contribution < 1.29 is 37.1 Å². The van der Waals surface area contributed by atoms with Crippen LogP contribution >= 0.6 is 0 Å². The topological polar surface area (TPSA) is 145 Å². The number of aromatic nitrogens is 2. The molecule has 13 heteroatoms. The summed E-state index contributed by atoms with van der Waals surface area (Å²) in [6.45, 7) is 6.16. The number of rotatable bonds is 8. The molecule has 1 unspecified atom stereocenters. The Morgan fingerprint density at radius 2 is 1.85 bits per heavy atom. The van der Waals surface area contributed by atoms with Gasteiger partial charge in [0.1, 0.15) is 4.90 Å². The molecule has 2 bridgehead atoms. The molecule has 12 nitrogen and oxygen atoms in total. The van der Waals surface area contributed by atoms with Gasteiger partial charge in [0.05, 0.1) is 38.3 Å². The molecule has 1 spiro atoms. The summed E-state index contributed by atoms with van der Waals surface area (Å²) in [6.07, 6.45) is 5.17. The Labute approximate surface area is 240 Å². The molecule has 5 aliphatic rings. The van der Waals surface area contributed by atoms with Crippen molar-refractivity contribution in [3.05, 3.63) is 36.7 Å². The molecular formula is C28H38N4O8S. The summed E-state index contributed by atoms with van der Waals surface area (Å²) in [5, 5.41) is 0. The summed E-state index contributed by atoms with van der Waals surface area (Å²) in [7, 11) is -2.64. The molecule has 5 heterocycles. The third-order valence-electron chi connectivity index (χ3n) is 9.23. The van der Waals surface area contributed by atoms with E-state index in [-0.39, 0.29) is 47.4 Å². The molecule has 224 valence electrons. The van der Waals surface area contributed by atoms with E-state index >= 15 is 0 Å². The maximum Gasteiger partial charge on any atom is 0.268 e. The Kier molecular flexibility index (Phi) is 7.40. The van der Waals surface area contributed by atoms with Crippen molar-refractivity contribution in [2.24, 2.45) is 23.7 Å². The number of ether oxygens (including phenoxy) is 4. The zero-order valence-electron chi connectivity index (χ0n) is 23.8. The molecule has 1 aliphatic carbocycles. The van der Waals surface area contributed by atoms with Crippen molar-refractivity contribution in [2.45, 2.75) is 75.3 Å². The first-order valence-electron chi connectivity index (χ1n) is 14.1. The maximum atomic E-state index is 13.8. The van der Waals surface area contributed by atoms with Gasteiger partial charge in [0.25, 0.3) is 10.0 Å². The summed E-state index contributed by atoms with van der Waals surface area (Å²) in [6, 6.07) is 6.28. The van der Waals surface area contributed by atoms with Crippen LogP contribution in [0.1, 0.15) is 46.5 Å². The second-order valence-corrected chi connectivity index (χ2v) is 13.5. The van der Waals surface area contributed by atoms with Crippen LogP contribution in [0.4, 0.5) is 11.6 Å². The van der Waals surface area contributed by atoms with Gasteiger partial charge in [-0.2, -0.15) is 0 Å². The summed E-state index contributed by atoms with van der Waals surface area (Å²) in [4.78, 5) is 20.5. The minimum absolute atomic E-state index is 0.0112. The molecule has 1 saturated carbocycles. The number of benzene rings is 1. The Morgan fingerprint density at radius 3 is 2.59 bits per heavy atom. The van der Waals surface area contributed by atoms with E-state index in [2.05, 4.69) is 23.8 Å². The number of hydrogen-bond acceptors (Lipinski definition) is 11. The highest BCUT2D eigenvalue weighted by atomic mass is 32.2. The van der Waals surface area contributed by atoms with Crippen LogP contribution in [0.25, 0.3) is 0 Å². The quantitative estimate of drug-likeness (QED) is 0.356. The SMILES string of the molecule is COc1cnc(N(CCO[C@H]2O[C@@H]3O[C@@]4(C)CCC5[C@H](C)CC[C@@H]([C@H]2C)[C@]53OO4)S(=O)(=O)c2ccccc2N)nc1. The van der Waals surface area contributed by atoms with E-state index in [9.17, 15) is 8.42 Å². The van der Waals surface area contributed by atoms with Crippen LogP contribution in [0.3, 0.4) is 0 Å². The minimum atomic E-state index is -4.12. The molecule has 4 aliphatic heterocycles. The summed E-state index contributed by atoms with van der Waals surface area (Å²) in [5.41, 5.74) is 5.47. The molecule has 0 amide bonds. The molecule has 8 atom stereocenters. The molecule has 5 fully saturated rings. The number of nitrogen functional groups attached to an aromatic ring is 1. The molecule has 2 aromatic rings. The fourth-order valence-corrected chi connectivity index (χ4v) is 8.50. The molecule has 0 radical (unpaired) electrons. The zero-order chi connectivity index (χ0) is 29.0. The van der Waals surface area contributed by atoms with Gasteiger partial charge in [-0.25, -0.2) is 32.5 Å². The summed E-state index contributed by atoms with van der Waals surface area (Å²) < 4.78 is 52.9. The Balaban J connectivity index is 1.24. The number of nitrogens with two attached hydrogens (primary N) is 1. The van der Waals surface area contributed by atoms with Gasteiger partial charge in [0.15, 0.2) is 23.9 Å². The lowest BCUT2D eigenvalue weighted by Gasteiger charge is -2.60. The van der Waals surface area contributed by atoms with Crippen molar-refractivity contribution in [1.29, 1.82) is 0 Å². The average Bonchev–Trinajstić information content (AvgIpc) is 3.19.